The largest absolute Gasteiger partial charge is 0.497 e. The molecule has 7 nitrogen and oxygen atoms in total. The van der Waals surface area contributed by atoms with Gasteiger partial charge in [-0.05, 0) is 42.3 Å². The minimum absolute atomic E-state index is 0.0317. The second kappa shape index (κ2) is 8.73. The number of rotatable bonds is 7. The number of sulfone groups is 1. The van der Waals surface area contributed by atoms with Crippen LogP contribution in [0.4, 0.5) is 0 Å². The van der Waals surface area contributed by atoms with Crippen molar-refractivity contribution in [2.45, 2.75) is 19.0 Å². The van der Waals surface area contributed by atoms with Crippen molar-refractivity contribution in [1.82, 2.24) is 4.90 Å². The molecule has 1 aliphatic rings. The van der Waals surface area contributed by atoms with Crippen molar-refractivity contribution in [3.05, 3.63) is 53.6 Å². The van der Waals surface area contributed by atoms with E-state index in [9.17, 15) is 13.2 Å². The van der Waals surface area contributed by atoms with Gasteiger partial charge in [-0.25, -0.2) is 8.42 Å². The van der Waals surface area contributed by atoms with Crippen LogP contribution in [0.15, 0.2) is 42.5 Å². The Hall–Kier alpha value is -2.74. The molecule has 3 rings (SSSR count). The van der Waals surface area contributed by atoms with Crippen LogP contribution in [-0.4, -0.2) is 58.1 Å². The van der Waals surface area contributed by atoms with Gasteiger partial charge in [0.1, 0.15) is 5.75 Å². The van der Waals surface area contributed by atoms with Gasteiger partial charge in [-0.3, -0.25) is 4.79 Å². The third-order valence-corrected chi connectivity index (χ3v) is 6.78. The Morgan fingerprint density at radius 1 is 1.03 bits per heavy atom. The van der Waals surface area contributed by atoms with E-state index in [2.05, 4.69) is 0 Å². The Morgan fingerprint density at radius 2 is 1.79 bits per heavy atom. The van der Waals surface area contributed by atoms with Gasteiger partial charge in [0, 0.05) is 18.2 Å². The van der Waals surface area contributed by atoms with E-state index in [4.69, 9.17) is 14.2 Å². The van der Waals surface area contributed by atoms with Crippen molar-refractivity contribution in [3.8, 4) is 17.2 Å². The first-order chi connectivity index (χ1) is 13.9. The van der Waals surface area contributed by atoms with Crippen molar-refractivity contribution in [3.63, 3.8) is 0 Å². The minimum atomic E-state index is -3.15. The quantitative estimate of drug-likeness (QED) is 0.686. The summed E-state index contributed by atoms with van der Waals surface area (Å²) in [5.74, 6) is 1.53. The summed E-state index contributed by atoms with van der Waals surface area (Å²) in [6.07, 6.45) is 0.422. The number of carbonyl (C=O) groups excluding carboxylic acids is 1. The van der Waals surface area contributed by atoms with Crippen molar-refractivity contribution in [2.24, 2.45) is 0 Å². The predicted molar refractivity (Wildman–Crippen MR) is 109 cm³/mol. The molecule has 0 unspecified atom stereocenters. The molecule has 1 atom stereocenters. The van der Waals surface area contributed by atoms with E-state index < -0.39 is 9.84 Å². The van der Waals surface area contributed by atoms with Crippen LogP contribution in [0.2, 0.25) is 0 Å². The van der Waals surface area contributed by atoms with Crippen molar-refractivity contribution in [2.75, 3.05) is 32.8 Å². The molecule has 0 radical (unpaired) electrons. The molecule has 1 heterocycles. The molecule has 29 heavy (non-hydrogen) atoms. The van der Waals surface area contributed by atoms with Gasteiger partial charge >= 0.3 is 0 Å². The standard InChI is InChI=1S/C21H25NO6S/c1-26-18-6-4-5-16(12-18)21(23)22(17-9-10-29(24,25)14-17)13-15-7-8-19(27-2)20(11-15)28-3/h4-8,11-12,17H,9-10,13-14H2,1-3H3/t17-/m1/s1. The number of hydrogen-bond donors (Lipinski definition) is 0. The zero-order valence-corrected chi connectivity index (χ0v) is 17.6. The second-order valence-corrected chi connectivity index (χ2v) is 9.14. The van der Waals surface area contributed by atoms with Gasteiger partial charge in [0.2, 0.25) is 0 Å². The molecule has 1 amide bonds. The highest BCUT2D eigenvalue weighted by atomic mass is 32.2. The summed E-state index contributed by atoms with van der Waals surface area (Å²) in [7, 11) is 1.49. The lowest BCUT2D eigenvalue weighted by atomic mass is 10.1. The number of hydrogen-bond acceptors (Lipinski definition) is 6. The number of ether oxygens (including phenoxy) is 3. The van der Waals surface area contributed by atoms with E-state index in [-0.39, 0.29) is 30.0 Å². The molecule has 0 bridgehead atoms. The van der Waals surface area contributed by atoms with Crippen molar-refractivity contribution in [1.29, 1.82) is 0 Å². The van der Waals surface area contributed by atoms with Crippen LogP contribution in [0, 0.1) is 0 Å². The topological polar surface area (TPSA) is 82.1 Å². The molecule has 0 N–H and O–H groups in total. The SMILES string of the molecule is COc1cccc(C(=O)N(Cc2ccc(OC)c(OC)c2)[C@@H]2CCS(=O)(=O)C2)c1. The van der Waals surface area contributed by atoms with Gasteiger partial charge in [-0.15, -0.1) is 0 Å². The number of carbonyl (C=O) groups is 1. The van der Waals surface area contributed by atoms with Crippen LogP contribution in [0.5, 0.6) is 17.2 Å². The summed E-state index contributed by atoms with van der Waals surface area (Å²) in [5, 5.41) is 0. The summed E-state index contributed by atoms with van der Waals surface area (Å²) in [6, 6.07) is 11.9. The number of methoxy groups -OCH3 is 3. The normalized spacial score (nSPS) is 17.6. The Bertz CT molecular complexity index is 988. The van der Waals surface area contributed by atoms with Crippen LogP contribution in [0.25, 0.3) is 0 Å². The summed E-state index contributed by atoms with van der Waals surface area (Å²) >= 11 is 0. The first-order valence-corrected chi connectivity index (χ1v) is 11.1. The number of benzene rings is 2. The summed E-state index contributed by atoms with van der Waals surface area (Å²) in [6.45, 7) is 0.261. The molecule has 2 aromatic carbocycles. The second-order valence-electron chi connectivity index (χ2n) is 6.91. The van der Waals surface area contributed by atoms with Crippen molar-refractivity contribution >= 4 is 15.7 Å². The smallest absolute Gasteiger partial charge is 0.254 e. The van der Waals surface area contributed by atoms with Gasteiger partial charge in [-0.1, -0.05) is 12.1 Å². The van der Waals surface area contributed by atoms with E-state index in [0.717, 1.165) is 5.56 Å². The highest BCUT2D eigenvalue weighted by Gasteiger charge is 2.35. The highest BCUT2D eigenvalue weighted by molar-refractivity contribution is 7.91. The third-order valence-electron chi connectivity index (χ3n) is 5.03. The zero-order chi connectivity index (χ0) is 21.0. The first-order valence-electron chi connectivity index (χ1n) is 9.23. The lowest BCUT2D eigenvalue weighted by Gasteiger charge is -2.29. The average Bonchev–Trinajstić information content (AvgIpc) is 3.10. The molecule has 156 valence electrons. The van der Waals surface area contributed by atoms with Gasteiger partial charge in [0.15, 0.2) is 21.3 Å². The van der Waals surface area contributed by atoms with E-state index >= 15 is 0 Å². The summed E-state index contributed by atoms with van der Waals surface area (Å²) in [4.78, 5) is 14.9. The molecule has 0 aromatic heterocycles. The van der Waals surface area contributed by atoms with Gasteiger partial charge in [0.05, 0.1) is 32.8 Å². The van der Waals surface area contributed by atoms with Crippen molar-refractivity contribution < 1.29 is 27.4 Å². The molecule has 0 spiro atoms. The van der Waals surface area contributed by atoms with Crippen LogP contribution < -0.4 is 14.2 Å². The Kier molecular flexibility index (Phi) is 6.32. The third kappa shape index (κ3) is 4.82. The molecular weight excluding hydrogens is 394 g/mol. The Labute approximate surface area is 171 Å². The number of amides is 1. The Morgan fingerprint density at radius 3 is 2.41 bits per heavy atom. The molecule has 0 saturated carbocycles. The van der Waals surface area contributed by atoms with Crippen LogP contribution in [-0.2, 0) is 16.4 Å². The van der Waals surface area contributed by atoms with E-state index in [1.807, 2.05) is 6.07 Å². The molecule has 2 aromatic rings. The molecule has 8 heteroatoms. The molecule has 1 aliphatic heterocycles. The Balaban J connectivity index is 1.94. The maximum Gasteiger partial charge on any atom is 0.254 e. The van der Waals surface area contributed by atoms with E-state index in [1.165, 1.54) is 7.11 Å². The van der Waals surface area contributed by atoms with Crippen LogP contribution >= 0.6 is 0 Å². The lowest BCUT2D eigenvalue weighted by molar-refractivity contribution is 0.0680. The summed E-state index contributed by atoms with van der Waals surface area (Å²) < 4.78 is 39.9. The zero-order valence-electron chi connectivity index (χ0n) is 16.8. The fraction of sp³-hybridized carbons (Fsp3) is 0.381. The lowest BCUT2D eigenvalue weighted by Crippen LogP contribution is -2.40. The minimum Gasteiger partial charge on any atom is -0.497 e. The first kappa shape index (κ1) is 21.0. The fourth-order valence-corrected chi connectivity index (χ4v) is 5.22. The van der Waals surface area contributed by atoms with Gasteiger partial charge < -0.3 is 19.1 Å². The molecule has 0 aliphatic carbocycles. The van der Waals surface area contributed by atoms with E-state index in [1.54, 1.807) is 55.5 Å². The fourth-order valence-electron chi connectivity index (χ4n) is 3.49. The maximum absolute atomic E-state index is 13.3. The summed E-state index contributed by atoms with van der Waals surface area (Å²) in [5.41, 5.74) is 1.28. The molecular formula is C21H25NO6S. The van der Waals surface area contributed by atoms with E-state index in [0.29, 0.717) is 29.2 Å². The molecule has 1 saturated heterocycles. The van der Waals surface area contributed by atoms with Gasteiger partial charge in [-0.2, -0.15) is 0 Å². The monoisotopic (exact) mass is 419 g/mol. The average molecular weight is 419 g/mol. The predicted octanol–water partition coefficient (Wildman–Crippen LogP) is 2.54. The van der Waals surface area contributed by atoms with Crippen LogP contribution in [0.3, 0.4) is 0 Å². The molecule has 1 fully saturated rings. The van der Waals surface area contributed by atoms with Crippen LogP contribution in [0.1, 0.15) is 22.3 Å². The maximum atomic E-state index is 13.3. The van der Waals surface area contributed by atoms with Gasteiger partial charge in [0.25, 0.3) is 5.91 Å². The number of nitrogens with zero attached hydrogens (tertiary/aromatic N) is 1. The highest BCUT2D eigenvalue weighted by Crippen LogP contribution is 2.30.